The van der Waals surface area contributed by atoms with Gasteiger partial charge < -0.3 is 10.2 Å². The molecule has 0 saturated heterocycles. The van der Waals surface area contributed by atoms with E-state index in [9.17, 15) is 62.9 Å². The normalized spacial score (nSPS) is 13.6. The standard InChI is InChI=1S/C16H6F12O2/c17-13(18,19)8-7(5-3-1-2-4-6(5)29)12(30)11(16(26,27)28)10(15(23,24)25)9(8)14(20,21)22/h1-4,29-30H. The van der Waals surface area contributed by atoms with Gasteiger partial charge in [-0.2, -0.15) is 52.7 Å². The van der Waals surface area contributed by atoms with Crippen LogP contribution in [0.2, 0.25) is 0 Å². The average molecular weight is 458 g/mol. The lowest BCUT2D eigenvalue weighted by Crippen LogP contribution is -2.28. The molecule has 0 spiro atoms. The molecule has 0 aliphatic rings. The molecule has 0 aliphatic carbocycles. The fourth-order valence-corrected chi connectivity index (χ4v) is 2.81. The first-order valence-electron chi connectivity index (χ1n) is 7.29. The van der Waals surface area contributed by atoms with Crippen LogP contribution >= 0.6 is 0 Å². The summed E-state index contributed by atoms with van der Waals surface area (Å²) in [5, 5.41) is 19.4. The van der Waals surface area contributed by atoms with Crippen molar-refractivity contribution in [2.75, 3.05) is 0 Å². The van der Waals surface area contributed by atoms with E-state index in [2.05, 4.69) is 0 Å². The molecule has 2 N–H and O–H groups in total. The van der Waals surface area contributed by atoms with Gasteiger partial charge in [-0.15, -0.1) is 0 Å². The third-order valence-corrected chi connectivity index (χ3v) is 3.78. The summed E-state index contributed by atoms with van der Waals surface area (Å²) in [6, 6.07) is 2.63. The fraction of sp³-hybridized carbons (Fsp3) is 0.250. The molecule has 0 radical (unpaired) electrons. The lowest BCUT2D eigenvalue weighted by molar-refractivity contribution is -0.182. The molecule has 2 rings (SSSR count). The van der Waals surface area contributed by atoms with E-state index in [4.69, 9.17) is 0 Å². The molecule has 0 heterocycles. The summed E-state index contributed by atoms with van der Waals surface area (Å²) >= 11 is 0. The topological polar surface area (TPSA) is 40.5 Å². The Hall–Kier alpha value is -2.80. The van der Waals surface area contributed by atoms with E-state index in [1.54, 1.807) is 0 Å². The molecule has 0 bridgehead atoms. The Bertz CT molecular complexity index is 965. The summed E-state index contributed by atoms with van der Waals surface area (Å²) in [4.78, 5) is 0. The number of aromatic hydroxyl groups is 2. The molecule has 0 amide bonds. The van der Waals surface area contributed by atoms with E-state index in [0.717, 1.165) is 12.1 Å². The molecule has 166 valence electrons. The molecule has 0 saturated carbocycles. The fourth-order valence-electron chi connectivity index (χ4n) is 2.81. The molecular formula is C16H6F12O2. The summed E-state index contributed by atoms with van der Waals surface area (Å²) < 4.78 is 160. The van der Waals surface area contributed by atoms with Crippen LogP contribution in [-0.4, -0.2) is 10.2 Å². The minimum Gasteiger partial charge on any atom is -0.507 e. The van der Waals surface area contributed by atoms with Gasteiger partial charge >= 0.3 is 24.7 Å². The number of hydrogen-bond acceptors (Lipinski definition) is 2. The van der Waals surface area contributed by atoms with Gasteiger partial charge in [-0.3, -0.25) is 0 Å². The van der Waals surface area contributed by atoms with Gasteiger partial charge in [0, 0.05) is 11.1 Å². The Morgan fingerprint density at radius 2 is 0.867 bits per heavy atom. The predicted molar refractivity (Wildman–Crippen MR) is 75.2 cm³/mol. The maximum Gasteiger partial charge on any atom is 0.420 e. The second-order valence-corrected chi connectivity index (χ2v) is 5.73. The maximum atomic E-state index is 13.5. The van der Waals surface area contributed by atoms with Crippen molar-refractivity contribution in [2.45, 2.75) is 24.7 Å². The van der Waals surface area contributed by atoms with Crippen LogP contribution in [0.4, 0.5) is 52.7 Å². The summed E-state index contributed by atoms with van der Waals surface area (Å²) in [7, 11) is 0. The molecule has 0 fully saturated rings. The lowest BCUT2D eigenvalue weighted by atomic mass is 9.85. The van der Waals surface area contributed by atoms with Crippen molar-refractivity contribution in [1.82, 2.24) is 0 Å². The minimum atomic E-state index is -6.59. The zero-order valence-electron chi connectivity index (χ0n) is 13.7. The van der Waals surface area contributed by atoms with E-state index in [1.807, 2.05) is 0 Å². The molecule has 30 heavy (non-hydrogen) atoms. The highest BCUT2D eigenvalue weighted by molar-refractivity contribution is 5.83. The average Bonchev–Trinajstić information content (AvgIpc) is 2.50. The van der Waals surface area contributed by atoms with Crippen LogP contribution in [0.15, 0.2) is 24.3 Å². The van der Waals surface area contributed by atoms with E-state index in [1.165, 1.54) is 0 Å². The van der Waals surface area contributed by atoms with Gasteiger partial charge in [0.1, 0.15) is 17.1 Å². The van der Waals surface area contributed by atoms with Crippen LogP contribution < -0.4 is 0 Å². The van der Waals surface area contributed by atoms with Crippen LogP contribution in [0.3, 0.4) is 0 Å². The number of phenolic OH excluding ortho intramolecular Hbond substituents is 2. The number of para-hydroxylation sites is 1. The Balaban J connectivity index is 3.38. The first kappa shape index (κ1) is 23.5. The van der Waals surface area contributed by atoms with Crippen molar-refractivity contribution < 1.29 is 62.9 Å². The largest absolute Gasteiger partial charge is 0.507 e. The van der Waals surface area contributed by atoms with E-state index >= 15 is 0 Å². The van der Waals surface area contributed by atoms with Crippen molar-refractivity contribution in [3.8, 4) is 22.6 Å². The van der Waals surface area contributed by atoms with E-state index in [0.29, 0.717) is 12.1 Å². The van der Waals surface area contributed by atoms with Gasteiger partial charge in [-0.1, -0.05) is 18.2 Å². The molecule has 14 heteroatoms. The third kappa shape index (κ3) is 4.07. The molecule has 0 aliphatic heterocycles. The molecule has 0 unspecified atom stereocenters. The second kappa shape index (κ2) is 6.87. The highest BCUT2D eigenvalue weighted by Gasteiger charge is 2.58. The predicted octanol–water partition coefficient (Wildman–Crippen LogP) is 6.84. The Morgan fingerprint density at radius 3 is 1.23 bits per heavy atom. The number of benzene rings is 2. The molecule has 0 aromatic heterocycles. The van der Waals surface area contributed by atoms with Crippen molar-refractivity contribution >= 4 is 0 Å². The summed E-state index contributed by atoms with van der Waals surface area (Å²) in [5.41, 5.74) is -17.7. The van der Waals surface area contributed by atoms with Gasteiger partial charge in [0.25, 0.3) is 0 Å². The molecular weight excluding hydrogens is 452 g/mol. The zero-order valence-corrected chi connectivity index (χ0v) is 13.7. The summed E-state index contributed by atoms with van der Waals surface area (Å²) in [6.07, 6.45) is -25.8. The summed E-state index contributed by atoms with van der Waals surface area (Å²) in [5.74, 6) is -4.09. The van der Waals surface area contributed by atoms with Gasteiger partial charge in [-0.25, -0.2) is 0 Å². The SMILES string of the molecule is Oc1ccccc1-c1c(O)c(C(F)(F)F)c(C(F)(F)F)c(C(F)(F)F)c1C(F)(F)F. The number of hydrogen-bond donors (Lipinski definition) is 2. The molecule has 2 nitrogen and oxygen atoms in total. The van der Waals surface area contributed by atoms with Gasteiger partial charge in [0.15, 0.2) is 0 Å². The first-order chi connectivity index (χ1) is 13.3. The van der Waals surface area contributed by atoms with Crippen LogP contribution in [0.5, 0.6) is 11.5 Å². The quantitative estimate of drug-likeness (QED) is 0.460. The van der Waals surface area contributed by atoms with E-state index < -0.39 is 69.6 Å². The van der Waals surface area contributed by atoms with Crippen LogP contribution in [0.25, 0.3) is 11.1 Å². The van der Waals surface area contributed by atoms with Crippen molar-refractivity contribution in [1.29, 1.82) is 0 Å². The highest BCUT2D eigenvalue weighted by Crippen LogP contribution is 2.58. The third-order valence-electron chi connectivity index (χ3n) is 3.78. The van der Waals surface area contributed by atoms with Crippen molar-refractivity contribution in [2.24, 2.45) is 0 Å². The Kier molecular flexibility index (Phi) is 5.38. The molecule has 2 aromatic carbocycles. The van der Waals surface area contributed by atoms with Crippen molar-refractivity contribution in [3.05, 3.63) is 46.5 Å². The Morgan fingerprint density at radius 1 is 0.500 bits per heavy atom. The number of phenols is 2. The Labute approximate surface area is 158 Å². The number of alkyl halides is 12. The second-order valence-electron chi connectivity index (χ2n) is 5.73. The van der Waals surface area contributed by atoms with Crippen LogP contribution in [-0.2, 0) is 24.7 Å². The number of halogens is 12. The van der Waals surface area contributed by atoms with E-state index in [-0.39, 0.29) is 0 Å². The molecule has 2 aromatic rings. The highest BCUT2D eigenvalue weighted by atomic mass is 19.4. The molecule has 0 atom stereocenters. The van der Waals surface area contributed by atoms with Gasteiger partial charge in [0.05, 0.1) is 16.7 Å². The monoisotopic (exact) mass is 458 g/mol. The number of rotatable bonds is 1. The van der Waals surface area contributed by atoms with Gasteiger partial charge in [-0.05, 0) is 6.07 Å². The van der Waals surface area contributed by atoms with Gasteiger partial charge in [0.2, 0.25) is 0 Å². The van der Waals surface area contributed by atoms with Crippen LogP contribution in [0.1, 0.15) is 22.3 Å². The lowest BCUT2D eigenvalue weighted by Gasteiger charge is -2.28. The summed E-state index contributed by atoms with van der Waals surface area (Å²) in [6.45, 7) is 0. The minimum absolute atomic E-state index is 0.396. The van der Waals surface area contributed by atoms with Crippen LogP contribution in [0, 0.1) is 0 Å². The zero-order chi connectivity index (χ0) is 23.4. The smallest absolute Gasteiger partial charge is 0.420 e. The van der Waals surface area contributed by atoms with Crippen molar-refractivity contribution in [3.63, 3.8) is 0 Å². The maximum absolute atomic E-state index is 13.5. The first-order valence-corrected chi connectivity index (χ1v) is 7.29.